The topological polar surface area (TPSA) is 52.5 Å². The molecule has 0 bridgehead atoms. The van der Waals surface area contributed by atoms with Crippen LogP contribution in [-0.2, 0) is 0 Å². The van der Waals surface area contributed by atoms with Gasteiger partial charge in [0, 0.05) is 31.2 Å². The highest BCUT2D eigenvalue weighted by atomic mass is 16.3. The summed E-state index contributed by atoms with van der Waals surface area (Å²) in [7, 11) is 0. The van der Waals surface area contributed by atoms with E-state index in [9.17, 15) is 5.11 Å². The number of hydrogen-bond donors (Lipinski definition) is 3. The van der Waals surface area contributed by atoms with Gasteiger partial charge in [0.05, 0.1) is 0 Å². The zero-order chi connectivity index (χ0) is 11.1. The average molecular weight is 215 g/mol. The van der Waals surface area contributed by atoms with Crippen molar-refractivity contribution >= 4 is 0 Å². The number of aliphatic hydroxyl groups excluding tert-OH is 2. The van der Waals surface area contributed by atoms with Crippen molar-refractivity contribution in [3.63, 3.8) is 0 Å². The van der Waals surface area contributed by atoms with Crippen molar-refractivity contribution in [1.82, 2.24) is 5.32 Å². The molecule has 0 amide bonds. The highest BCUT2D eigenvalue weighted by molar-refractivity contribution is 4.85. The van der Waals surface area contributed by atoms with Gasteiger partial charge < -0.3 is 15.5 Å². The van der Waals surface area contributed by atoms with Gasteiger partial charge >= 0.3 is 0 Å². The van der Waals surface area contributed by atoms with E-state index < -0.39 is 0 Å². The Hall–Kier alpha value is -0.120. The molecule has 1 fully saturated rings. The Labute approximate surface area is 92.9 Å². The van der Waals surface area contributed by atoms with E-state index in [1.165, 1.54) is 19.3 Å². The number of nitrogens with one attached hydrogen (secondary N) is 1. The van der Waals surface area contributed by atoms with E-state index in [1.807, 2.05) is 0 Å². The third-order valence-corrected chi connectivity index (χ3v) is 3.64. The Kier molecular flexibility index (Phi) is 5.58. The SMILES string of the molecule is CC(CCO)NCC1(CO)CCCCC1. The number of aliphatic hydroxyl groups is 2. The number of hydrogen-bond acceptors (Lipinski definition) is 3. The maximum atomic E-state index is 9.49. The van der Waals surface area contributed by atoms with Crippen LogP contribution in [0.25, 0.3) is 0 Å². The quantitative estimate of drug-likeness (QED) is 0.626. The molecule has 0 aromatic rings. The molecule has 3 heteroatoms. The summed E-state index contributed by atoms with van der Waals surface area (Å²) in [5.74, 6) is 0. The molecule has 0 heterocycles. The summed E-state index contributed by atoms with van der Waals surface area (Å²) in [6.45, 7) is 3.51. The standard InChI is InChI=1S/C12H25NO2/c1-11(5-8-14)13-9-12(10-15)6-3-2-4-7-12/h11,13-15H,2-10H2,1H3. The van der Waals surface area contributed by atoms with Gasteiger partial charge in [-0.15, -0.1) is 0 Å². The summed E-state index contributed by atoms with van der Waals surface area (Å²) in [6, 6.07) is 0.348. The van der Waals surface area contributed by atoms with Crippen LogP contribution < -0.4 is 5.32 Å². The molecule has 1 atom stereocenters. The van der Waals surface area contributed by atoms with Gasteiger partial charge in [0.2, 0.25) is 0 Å². The van der Waals surface area contributed by atoms with Crippen LogP contribution in [0.1, 0.15) is 45.4 Å². The third-order valence-electron chi connectivity index (χ3n) is 3.64. The Bertz CT molecular complexity index is 167. The molecule has 90 valence electrons. The minimum atomic E-state index is 0.113. The lowest BCUT2D eigenvalue weighted by atomic mass is 9.74. The second-order valence-electron chi connectivity index (χ2n) is 5.01. The van der Waals surface area contributed by atoms with Gasteiger partial charge in [0.15, 0.2) is 0 Å². The van der Waals surface area contributed by atoms with Crippen LogP contribution in [0.2, 0.25) is 0 Å². The van der Waals surface area contributed by atoms with Crippen molar-refractivity contribution < 1.29 is 10.2 Å². The van der Waals surface area contributed by atoms with E-state index in [4.69, 9.17) is 5.11 Å². The second-order valence-corrected chi connectivity index (χ2v) is 5.01. The highest BCUT2D eigenvalue weighted by Gasteiger charge is 2.31. The fourth-order valence-corrected chi connectivity index (χ4v) is 2.38. The van der Waals surface area contributed by atoms with Gasteiger partial charge in [-0.05, 0) is 26.2 Å². The van der Waals surface area contributed by atoms with Gasteiger partial charge in [0.1, 0.15) is 0 Å². The van der Waals surface area contributed by atoms with Gasteiger partial charge in [-0.25, -0.2) is 0 Å². The zero-order valence-corrected chi connectivity index (χ0v) is 9.84. The minimum absolute atomic E-state index is 0.113. The van der Waals surface area contributed by atoms with Crippen LogP contribution in [-0.4, -0.2) is 36.0 Å². The fraction of sp³-hybridized carbons (Fsp3) is 1.00. The molecule has 1 aliphatic carbocycles. The molecule has 0 spiro atoms. The Morgan fingerprint density at radius 1 is 1.20 bits per heavy atom. The van der Waals surface area contributed by atoms with Crippen LogP contribution in [0.3, 0.4) is 0 Å². The second kappa shape index (κ2) is 6.46. The summed E-state index contributed by atoms with van der Waals surface area (Å²) in [4.78, 5) is 0. The lowest BCUT2D eigenvalue weighted by molar-refractivity contribution is 0.0778. The molecule has 0 saturated heterocycles. The zero-order valence-electron chi connectivity index (χ0n) is 9.84. The lowest BCUT2D eigenvalue weighted by Gasteiger charge is -2.36. The molecule has 0 aromatic carbocycles. The summed E-state index contributed by atoms with van der Waals surface area (Å²) in [6.07, 6.45) is 6.88. The number of rotatable bonds is 6. The Morgan fingerprint density at radius 2 is 1.87 bits per heavy atom. The Balaban J connectivity index is 2.32. The first kappa shape index (κ1) is 12.9. The molecule has 15 heavy (non-hydrogen) atoms. The molecule has 1 saturated carbocycles. The van der Waals surface area contributed by atoms with Gasteiger partial charge in [-0.3, -0.25) is 0 Å². The summed E-state index contributed by atoms with van der Waals surface area (Å²) in [5, 5.41) is 21.7. The minimum Gasteiger partial charge on any atom is -0.396 e. The van der Waals surface area contributed by atoms with Crippen LogP contribution in [0.15, 0.2) is 0 Å². The van der Waals surface area contributed by atoms with Gasteiger partial charge in [-0.2, -0.15) is 0 Å². The van der Waals surface area contributed by atoms with Crippen molar-refractivity contribution in [3.8, 4) is 0 Å². The summed E-state index contributed by atoms with van der Waals surface area (Å²) in [5.41, 5.74) is 0.113. The normalized spacial score (nSPS) is 22.6. The molecular formula is C12H25NO2. The van der Waals surface area contributed by atoms with Crippen molar-refractivity contribution in [2.45, 2.75) is 51.5 Å². The molecule has 0 aromatic heterocycles. The van der Waals surface area contributed by atoms with Crippen LogP contribution in [0.5, 0.6) is 0 Å². The molecule has 3 N–H and O–H groups in total. The van der Waals surface area contributed by atoms with E-state index in [2.05, 4.69) is 12.2 Å². The molecule has 0 radical (unpaired) electrons. The lowest BCUT2D eigenvalue weighted by Crippen LogP contribution is -2.42. The fourth-order valence-electron chi connectivity index (χ4n) is 2.38. The van der Waals surface area contributed by atoms with Crippen LogP contribution in [0.4, 0.5) is 0 Å². The van der Waals surface area contributed by atoms with Gasteiger partial charge in [-0.1, -0.05) is 19.3 Å². The first-order valence-corrected chi connectivity index (χ1v) is 6.17. The van der Waals surface area contributed by atoms with Crippen molar-refractivity contribution in [1.29, 1.82) is 0 Å². The van der Waals surface area contributed by atoms with Crippen molar-refractivity contribution in [2.75, 3.05) is 19.8 Å². The maximum absolute atomic E-state index is 9.49. The summed E-state index contributed by atoms with van der Waals surface area (Å²) >= 11 is 0. The molecule has 3 nitrogen and oxygen atoms in total. The van der Waals surface area contributed by atoms with Crippen molar-refractivity contribution in [3.05, 3.63) is 0 Å². The predicted molar refractivity (Wildman–Crippen MR) is 61.8 cm³/mol. The van der Waals surface area contributed by atoms with E-state index in [0.29, 0.717) is 12.6 Å². The van der Waals surface area contributed by atoms with E-state index in [1.54, 1.807) is 0 Å². The first-order valence-electron chi connectivity index (χ1n) is 6.17. The Morgan fingerprint density at radius 3 is 2.40 bits per heavy atom. The summed E-state index contributed by atoms with van der Waals surface area (Å²) < 4.78 is 0. The average Bonchev–Trinajstić information content (AvgIpc) is 2.28. The predicted octanol–water partition coefficient (Wildman–Crippen LogP) is 1.29. The van der Waals surface area contributed by atoms with Crippen LogP contribution in [0, 0.1) is 5.41 Å². The third kappa shape index (κ3) is 4.09. The monoisotopic (exact) mass is 215 g/mol. The molecule has 0 aliphatic heterocycles. The molecule has 1 rings (SSSR count). The first-order chi connectivity index (χ1) is 7.22. The molecular weight excluding hydrogens is 190 g/mol. The maximum Gasteiger partial charge on any atom is 0.0499 e. The van der Waals surface area contributed by atoms with Gasteiger partial charge in [0.25, 0.3) is 0 Å². The van der Waals surface area contributed by atoms with Crippen LogP contribution >= 0.6 is 0 Å². The van der Waals surface area contributed by atoms with E-state index >= 15 is 0 Å². The smallest absolute Gasteiger partial charge is 0.0499 e. The molecule has 1 unspecified atom stereocenters. The largest absolute Gasteiger partial charge is 0.396 e. The highest BCUT2D eigenvalue weighted by Crippen LogP contribution is 2.35. The van der Waals surface area contributed by atoms with E-state index in [0.717, 1.165) is 25.8 Å². The van der Waals surface area contributed by atoms with E-state index in [-0.39, 0.29) is 12.0 Å². The molecule has 1 aliphatic rings. The van der Waals surface area contributed by atoms with Crippen molar-refractivity contribution in [2.24, 2.45) is 5.41 Å².